The van der Waals surface area contributed by atoms with E-state index in [-0.39, 0.29) is 44.0 Å². The topological polar surface area (TPSA) is 93.7 Å². The highest BCUT2D eigenvalue weighted by Crippen LogP contribution is 2.23. The van der Waals surface area contributed by atoms with Gasteiger partial charge in [0.05, 0.1) is 31.5 Å². The molecule has 2 atom stereocenters. The van der Waals surface area contributed by atoms with Crippen molar-refractivity contribution >= 4 is 17.8 Å². The fourth-order valence-electron chi connectivity index (χ4n) is 4.06. The maximum atomic E-state index is 13.5. The van der Waals surface area contributed by atoms with E-state index in [1.54, 1.807) is 6.92 Å². The minimum absolute atomic E-state index is 0.0629. The smallest absolute Gasteiger partial charge is 0.307 e. The first kappa shape index (κ1) is 27.6. The molecule has 3 aromatic rings. The molecule has 2 amide bonds. The quantitative estimate of drug-likeness (QED) is 0.257. The van der Waals surface area contributed by atoms with E-state index in [4.69, 9.17) is 9.57 Å². The Morgan fingerprint density at radius 3 is 1.70 bits per heavy atom. The summed E-state index contributed by atoms with van der Waals surface area (Å²) in [5.41, 5.74) is 5.36. The summed E-state index contributed by atoms with van der Waals surface area (Å²) in [5.74, 6) is -2.45. The molecule has 0 fully saturated rings. The molecule has 37 heavy (non-hydrogen) atoms. The van der Waals surface area contributed by atoms with E-state index >= 15 is 0 Å². The second kappa shape index (κ2) is 15.2. The molecule has 7 heteroatoms. The third-order valence-electron chi connectivity index (χ3n) is 5.94. The Kier molecular flexibility index (Phi) is 11.4. The lowest BCUT2D eigenvalue weighted by atomic mass is 9.81. The number of esters is 1. The Balaban J connectivity index is 1.78. The number of amides is 2. The molecule has 0 saturated carbocycles. The van der Waals surface area contributed by atoms with E-state index in [2.05, 4.69) is 10.8 Å². The van der Waals surface area contributed by atoms with Crippen LogP contribution >= 0.6 is 0 Å². The molecule has 0 saturated heterocycles. The first-order chi connectivity index (χ1) is 18.1. The summed E-state index contributed by atoms with van der Waals surface area (Å²) >= 11 is 0. The highest BCUT2D eigenvalue weighted by Gasteiger charge is 2.34. The molecule has 0 aliphatic heterocycles. The minimum atomic E-state index is -0.707. The number of nitrogens with one attached hydrogen (secondary N) is 2. The Hall–Kier alpha value is -3.97. The van der Waals surface area contributed by atoms with Crippen molar-refractivity contribution in [2.75, 3.05) is 13.2 Å². The van der Waals surface area contributed by atoms with Gasteiger partial charge in [0.2, 0.25) is 11.8 Å². The zero-order valence-corrected chi connectivity index (χ0v) is 21.1. The minimum Gasteiger partial charge on any atom is -0.466 e. The lowest BCUT2D eigenvalue weighted by Crippen LogP contribution is -2.44. The van der Waals surface area contributed by atoms with Gasteiger partial charge in [-0.1, -0.05) is 91.0 Å². The summed E-state index contributed by atoms with van der Waals surface area (Å²) in [6.07, 6.45) is 0.771. The first-order valence-corrected chi connectivity index (χ1v) is 12.5. The van der Waals surface area contributed by atoms with Crippen molar-refractivity contribution in [1.29, 1.82) is 0 Å². The second-order valence-corrected chi connectivity index (χ2v) is 8.68. The summed E-state index contributed by atoms with van der Waals surface area (Å²) in [5, 5.41) is 2.83. The average Bonchev–Trinajstić information content (AvgIpc) is 2.92. The Morgan fingerprint density at radius 2 is 1.19 bits per heavy atom. The molecule has 3 aromatic carbocycles. The van der Waals surface area contributed by atoms with Crippen LogP contribution in [-0.4, -0.2) is 30.9 Å². The lowest BCUT2D eigenvalue weighted by Gasteiger charge is -2.26. The van der Waals surface area contributed by atoms with Crippen LogP contribution in [0, 0.1) is 11.8 Å². The fraction of sp³-hybridized carbons (Fsp3) is 0.300. The summed E-state index contributed by atoms with van der Waals surface area (Å²) in [6.45, 7) is 2.36. The standard InChI is InChI=1S/C30H34N2O5/c1-2-36-28(33)18-19-31-29(34)26(20-23-12-6-3-7-13-23)27(21-24-14-8-4-9-15-24)30(35)32-37-22-25-16-10-5-11-17-25/h3-17,26-27H,2,18-22H2,1H3,(H,31,34)(H,32,35)/t26-,27-/m1/s1. The van der Waals surface area contributed by atoms with Gasteiger partial charge in [-0.05, 0) is 36.5 Å². The van der Waals surface area contributed by atoms with Crippen molar-refractivity contribution in [3.8, 4) is 0 Å². The fourth-order valence-corrected chi connectivity index (χ4v) is 4.06. The van der Waals surface area contributed by atoms with E-state index < -0.39 is 11.8 Å². The molecule has 7 nitrogen and oxygen atoms in total. The maximum Gasteiger partial charge on any atom is 0.307 e. The highest BCUT2D eigenvalue weighted by atomic mass is 16.6. The van der Waals surface area contributed by atoms with Crippen LogP contribution in [0.4, 0.5) is 0 Å². The number of hydrogen-bond acceptors (Lipinski definition) is 5. The molecule has 2 N–H and O–H groups in total. The number of carbonyl (C=O) groups is 3. The molecule has 0 aliphatic rings. The van der Waals surface area contributed by atoms with Crippen molar-refractivity contribution in [1.82, 2.24) is 10.8 Å². The van der Waals surface area contributed by atoms with Crippen LogP contribution in [0.15, 0.2) is 91.0 Å². The molecule has 0 radical (unpaired) electrons. The van der Waals surface area contributed by atoms with Crippen molar-refractivity contribution in [2.24, 2.45) is 11.8 Å². The van der Waals surface area contributed by atoms with E-state index in [1.807, 2.05) is 91.0 Å². The molecule has 0 bridgehead atoms. The van der Waals surface area contributed by atoms with Gasteiger partial charge < -0.3 is 10.1 Å². The van der Waals surface area contributed by atoms with Crippen molar-refractivity contribution in [3.05, 3.63) is 108 Å². The van der Waals surface area contributed by atoms with E-state index in [9.17, 15) is 14.4 Å². The lowest BCUT2D eigenvalue weighted by molar-refractivity contribution is -0.145. The molecule has 194 valence electrons. The average molecular weight is 503 g/mol. The predicted octanol–water partition coefficient (Wildman–Crippen LogP) is 4.02. The van der Waals surface area contributed by atoms with Crippen LogP contribution < -0.4 is 10.8 Å². The Bertz CT molecular complexity index is 1110. The van der Waals surface area contributed by atoms with E-state index in [0.717, 1.165) is 16.7 Å². The van der Waals surface area contributed by atoms with Crippen molar-refractivity contribution in [3.63, 3.8) is 0 Å². The van der Waals surface area contributed by atoms with Crippen LogP contribution in [0.5, 0.6) is 0 Å². The summed E-state index contributed by atoms with van der Waals surface area (Å²) < 4.78 is 4.95. The van der Waals surface area contributed by atoms with E-state index in [1.165, 1.54) is 0 Å². The van der Waals surface area contributed by atoms with Crippen LogP contribution in [-0.2, 0) is 43.4 Å². The maximum absolute atomic E-state index is 13.5. The largest absolute Gasteiger partial charge is 0.466 e. The first-order valence-electron chi connectivity index (χ1n) is 12.5. The van der Waals surface area contributed by atoms with Crippen molar-refractivity contribution in [2.45, 2.75) is 32.8 Å². The van der Waals surface area contributed by atoms with Gasteiger partial charge in [0, 0.05) is 6.54 Å². The summed E-state index contributed by atoms with van der Waals surface area (Å²) in [4.78, 5) is 44.2. The number of ether oxygens (including phenoxy) is 1. The molecule has 0 unspecified atom stereocenters. The van der Waals surface area contributed by atoms with Crippen LogP contribution in [0.2, 0.25) is 0 Å². The SMILES string of the molecule is CCOC(=O)CCNC(=O)[C@H](Cc1ccccc1)[C@@H](Cc1ccccc1)C(=O)NOCc1ccccc1. The third-order valence-corrected chi connectivity index (χ3v) is 5.94. The molecule has 0 heterocycles. The monoisotopic (exact) mass is 502 g/mol. The number of benzene rings is 3. The Morgan fingerprint density at radius 1 is 0.703 bits per heavy atom. The number of hydroxylamine groups is 1. The zero-order chi connectivity index (χ0) is 26.3. The van der Waals surface area contributed by atoms with Crippen LogP contribution in [0.3, 0.4) is 0 Å². The van der Waals surface area contributed by atoms with Gasteiger partial charge >= 0.3 is 5.97 Å². The molecule has 3 rings (SSSR count). The van der Waals surface area contributed by atoms with Gasteiger partial charge in [-0.3, -0.25) is 19.2 Å². The molecule has 0 aliphatic carbocycles. The zero-order valence-electron chi connectivity index (χ0n) is 21.1. The van der Waals surface area contributed by atoms with Crippen LogP contribution in [0.1, 0.15) is 30.0 Å². The summed E-state index contributed by atoms with van der Waals surface area (Å²) in [6, 6.07) is 28.7. The normalized spacial score (nSPS) is 12.2. The van der Waals surface area contributed by atoms with Crippen molar-refractivity contribution < 1.29 is 24.0 Å². The van der Waals surface area contributed by atoms with Gasteiger partial charge in [-0.25, -0.2) is 5.48 Å². The molecular weight excluding hydrogens is 468 g/mol. The highest BCUT2D eigenvalue weighted by molar-refractivity contribution is 5.88. The predicted molar refractivity (Wildman–Crippen MR) is 141 cm³/mol. The van der Waals surface area contributed by atoms with Gasteiger partial charge in [-0.15, -0.1) is 0 Å². The van der Waals surface area contributed by atoms with E-state index in [0.29, 0.717) is 12.8 Å². The van der Waals surface area contributed by atoms with Gasteiger partial charge in [-0.2, -0.15) is 0 Å². The molecule has 0 spiro atoms. The van der Waals surface area contributed by atoms with Gasteiger partial charge in [0.25, 0.3) is 0 Å². The number of hydrogen-bond donors (Lipinski definition) is 2. The van der Waals surface area contributed by atoms with Gasteiger partial charge in [0.15, 0.2) is 0 Å². The Labute approximate surface area is 218 Å². The van der Waals surface area contributed by atoms with Crippen LogP contribution in [0.25, 0.3) is 0 Å². The summed E-state index contributed by atoms with van der Waals surface area (Å²) in [7, 11) is 0. The molecule has 0 aromatic heterocycles. The number of carbonyl (C=O) groups excluding carboxylic acids is 3. The molecular formula is C30H34N2O5. The third kappa shape index (κ3) is 9.54. The van der Waals surface area contributed by atoms with Gasteiger partial charge in [0.1, 0.15) is 0 Å². The number of rotatable bonds is 14. The second-order valence-electron chi connectivity index (χ2n) is 8.68.